The van der Waals surface area contributed by atoms with Crippen molar-refractivity contribution in [1.29, 1.82) is 0 Å². The van der Waals surface area contributed by atoms with E-state index in [0.29, 0.717) is 18.8 Å². The summed E-state index contributed by atoms with van der Waals surface area (Å²) in [7, 11) is 1.43. The highest BCUT2D eigenvalue weighted by atomic mass is 16.6. The molecule has 0 heterocycles. The topological polar surface area (TPSA) is 81.8 Å². The molecule has 0 unspecified atom stereocenters. The van der Waals surface area contributed by atoms with Crippen LogP contribution in [-0.4, -0.2) is 23.7 Å². The number of ether oxygens (including phenoxy) is 2. The monoisotopic (exact) mass is 265 g/mol. The lowest BCUT2D eigenvalue weighted by Crippen LogP contribution is -2.02. The third-order valence-corrected chi connectivity index (χ3v) is 2.39. The number of hydrogen-bond donors (Lipinski definition) is 1. The number of aliphatic hydroxyl groups is 1. The number of benzene rings is 1. The summed E-state index contributed by atoms with van der Waals surface area (Å²) in [6, 6.07) is 2.66. The van der Waals surface area contributed by atoms with Crippen LogP contribution in [0.25, 0.3) is 0 Å². The van der Waals surface area contributed by atoms with Gasteiger partial charge in [-0.2, -0.15) is 0 Å². The van der Waals surface area contributed by atoms with Crippen molar-refractivity contribution in [1.82, 2.24) is 0 Å². The zero-order valence-electron chi connectivity index (χ0n) is 10.8. The fourth-order valence-corrected chi connectivity index (χ4v) is 1.50. The van der Waals surface area contributed by atoms with E-state index in [1.54, 1.807) is 6.92 Å². The summed E-state index contributed by atoms with van der Waals surface area (Å²) in [4.78, 5) is 10.3. The standard InChI is InChI=1S/C13H15NO5/c1-3-4-5-6-19-13-8-11(14(16)17)10(9-15)7-12(13)18-2/h7-8,15H,5-6,9H2,1-2H3. The van der Waals surface area contributed by atoms with E-state index in [4.69, 9.17) is 14.6 Å². The van der Waals surface area contributed by atoms with Crippen LogP contribution in [-0.2, 0) is 6.61 Å². The minimum atomic E-state index is -0.566. The highest BCUT2D eigenvalue weighted by molar-refractivity contribution is 5.54. The van der Waals surface area contributed by atoms with Crippen molar-refractivity contribution in [3.8, 4) is 23.3 Å². The maximum absolute atomic E-state index is 10.9. The number of nitrogens with zero attached hydrogens (tertiary/aromatic N) is 1. The predicted molar refractivity (Wildman–Crippen MR) is 69.1 cm³/mol. The normalized spacial score (nSPS) is 9.42. The van der Waals surface area contributed by atoms with Crippen LogP contribution in [0.4, 0.5) is 5.69 Å². The van der Waals surface area contributed by atoms with E-state index in [0.717, 1.165) is 0 Å². The number of rotatable bonds is 6. The molecule has 102 valence electrons. The molecule has 0 saturated carbocycles. The van der Waals surface area contributed by atoms with Gasteiger partial charge < -0.3 is 14.6 Å². The van der Waals surface area contributed by atoms with Crippen LogP contribution >= 0.6 is 0 Å². The molecule has 0 radical (unpaired) electrons. The molecule has 0 aliphatic rings. The van der Waals surface area contributed by atoms with Gasteiger partial charge in [0.25, 0.3) is 5.69 Å². The number of nitro groups is 1. The molecule has 1 N–H and O–H groups in total. The second kappa shape index (κ2) is 7.24. The van der Waals surface area contributed by atoms with Gasteiger partial charge in [-0.3, -0.25) is 10.1 Å². The molecule has 0 amide bonds. The lowest BCUT2D eigenvalue weighted by Gasteiger charge is -2.11. The average molecular weight is 265 g/mol. The first-order valence-corrected chi connectivity index (χ1v) is 5.62. The van der Waals surface area contributed by atoms with E-state index in [2.05, 4.69) is 11.8 Å². The van der Waals surface area contributed by atoms with Crippen LogP contribution in [0, 0.1) is 22.0 Å². The van der Waals surface area contributed by atoms with Crippen LogP contribution in [0.1, 0.15) is 18.9 Å². The van der Waals surface area contributed by atoms with E-state index >= 15 is 0 Å². The minimum Gasteiger partial charge on any atom is -0.493 e. The van der Waals surface area contributed by atoms with Gasteiger partial charge >= 0.3 is 0 Å². The minimum absolute atomic E-state index is 0.183. The average Bonchev–Trinajstić information content (AvgIpc) is 2.42. The van der Waals surface area contributed by atoms with Crippen LogP contribution < -0.4 is 9.47 Å². The van der Waals surface area contributed by atoms with Crippen molar-refractivity contribution in [2.75, 3.05) is 13.7 Å². The molecule has 6 heteroatoms. The molecular formula is C13H15NO5. The number of nitro benzene ring substituents is 1. The first-order chi connectivity index (χ1) is 9.13. The van der Waals surface area contributed by atoms with Crippen molar-refractivity contribution in [2.24, 2.45) is 0 Å². The molecule has 0 saturated heterocycles. The van der Waals surface area contributed by atoms with E-state index in [9.17, 15) is 10.1 Å². The first kappa shape index (κ1) is 14.8. The second-order valence-electron chi connectivity index (χ2n) is 3.57. The molecule has 1 rings (SSSR count). The first-order valence-electron chi connectivity index (χ1n) is 5.62. The Labute approximate surface area is 111 Å². The van der Waals surface area contributed by atoms with Gasteiger partial charge in [0.05, 0.1) is 36.9 Å². The van der Waals surface area contributed by atoms with Crippen molar-refractivity contribution >= 4 is 5.69 Å². The van der Waals surface area contributed by atoms with Gasteiger partial charge in [0.1, 0.15) is 0 Å². The summed E-state index contributed by atoms with van der Waals surface area (Å²) in [6.07, 6.45) is 0.523. The van der Waals surface area contributed by atoms with Gasteiger partial charge in [-0.25, -0.2) is 0 Å². The van der Waals surface area contributed by atoms with Crippen LogP contribution in [0.5, 0.6) is 11.5 Å². The van der Waals surface area contributed by atoms with Crippen LogP contribution in [0.15, 0.2) is 12.1 Å². The zero-order valence-corrected chi connectivity index (χ0v) is 10.8. The van der Waals surface area contributed by atoms with Gasteiger partial charge in [-0.15, -0.1) is 11.8 Å². The van der Waals surface area contributed by atoms with Crippen LogP contribution in [0.3, 0.4) is 0 Å². The Hall–Kier alpha value is -2.26. The molecule has 19 heavy (non-hydrogen) atoms. The molecule has 0 fully saturated rings. The Morgan fingerprint density at radius 1 is 1.42 bits per heavy atom. The summed E-state index contributed by atoms with van der Waals surface area (Å²) in [6.45, 7) is 1.60. The Kier molecular flexibility index (Phi) is 5.64. The molecule has 0 atom stereocenters. The Balaban J connectivity index is 3.02. The molecule has 0 aliphatic heterocycles. The van der Waals surface area contributed by atoms with Crippen LogP contribution in [0.2, 0.25) is 0 Å². The number of hydrogen-bond acceptors (Lipinski definition) is 5. The molecule has 6 nitrogen and oxygen atoms in total. The fraction of sp³-hybridized carbons (Fsp3) is 0.385. The largest absolute Gasteiger partial charge is 0.493 e. The zero-order chi connectivity index (χ0) is 14.3. The lowest BCUT2D eigenvalue weighted by molar-refractivity contribution is -0.385. The van der Waals surface area contributed by atoms with E-state index in [1.807, 2.05) is 0 Å². The van der Waals surface area contributed by atoms with Crippen molar-refractivity contribution in [3.63, 3.8) is 0 Å². The van der Waals surface area contributed by atoms with Gasteiger partial charge in [-0.1, -0.05) is 0 Å². The van der Waals surface area contributed by atoms with E-state index < -0.39 is 11.5 Å². The molecule has 0 bridgehead atoms. The lowest BCUT2D eigenvalue weighted by atomic mass is 10.1. The van der Waals surface area contributed by atoms with E-state index in [1.165, 1.54) is 19.2 Å². The number of aliphatic hydroxyl groups excluding tert-OH is 1. The summed E-state index contributed by atoms with van der Waals surface area (Å²) < 4.78 is 10.5. The third-order valence-electron chi connectivity index (χ3n) is 2.39. The van der Waals surface area contributed by atoms with Gasteiger partial charge in [0.15, 0.2) is 11.5 Å². The van der Waals surface area contributed by atoms with E-state index in [-0.39, 0.29) is 17.0 Å². The van der Waals surface area contributed by atoms with Crippen molar-refractivity contribution < 1.29 is 19.5 Å². The third kappa shape index (κ3) is 3.86. The SMILES string of the molecule is CC#CCCOc1cc([N+](=O)[O-])c(CO)cc1OC. The molecule has 1 aromatic carbocycles. The van der Waals surface area contributed by atoms with Gasteiger partial charge in [0, 0.05) is 6.42 Å². The highest BCUT2D eigenvalue weighted by Crippen LogP contribution is 2.34. The Morgan fingerprint density at radius 3 is 2.68 bits per heavy atom. The molecule has 1 aromatic rings. The summed E-state index contributed by atoms with van der Waals surface area (Å²) in [5.41, 5.74) is -0.0116. The second-order valence-corrected chi connectivity index (χ2v) is 3.57. The Morgan fingerprint density at radius 2 is 2.16 bits per heavy atom. The maximum atomic E-state index is 10.9. The summed E-state index contributed by atoms with van der Waals surface area (Å²) >= 11 is 0. The molecule has 0 spiro atoms. The predicted octanol–water partition coefficient (Wildman–Crippen LogP) is 1.89. The Bertz CT molecular complexity index is 516. The smallest absolute Gasteiger partial charge is 0.278 e. The quantitative estimate of drug-likeness (QED) is 0.367. The molecule has 0 aromatic heterocycles. The number of methoxy groups -OCH3 is 1. The van der Waals surface area contributed by atoms with Gasteiger partial charge in [0.2, 0.25) is 0 Å². The maximum Gasteiger partial charge on any atom is 0.278 e. The van der Waals surface area contributed by atoms with Crippen molar-refractivity contribution in [2.45, 2.75) is 20.0 Å². The summed E-state index contributed by atoms with van der Waals surface area (Å²) in [5.74, 6) is 6.17. The fourth-order valence-electron chi connectivity index (χ4n) is 1.50. The molecular weight excluding hydrogens is 250 g/mol. The molecule has 0 aliphatic carbocycles. The van der Waals surface area contributed by atoms with Crippen molar-refractivity contribution in [3.05, 3.63) is 27.8 Å². The summed E-state index contributed by atoms with van der Waals surface area (Å²) in [5, 5.41) is 20.0. The highest BCUT2D eigenvalue weighted by Gasteiger charge is 2.19. The van der Waals surface area contributed by atoms with Gasteiger partial charge in [-0.05, 0) is 13.0 Å².